The minimum atomic E-state index is 0. The molecule has 0 aromatic heterocycles. The molecule has 1 heteroatoms. The second-order valence-electron chi connectivity index (χ2n) is 8.35. The molecule has 2 aliphatic rings. The second-order valence-corrected chi connectivity index (χ2v) is 8.35. The second kappa shape index (κ2) is 19.5. The van der Waals surface area contributed by atoms with E-state index in [1.165, 1.54) is 49.7 Å². The first-order valence-corrected chi connectivity index (χ1v) is 10.0. The van der Waals surface area contributed by atoms with Gasteiger partial charge in [-0.2, -0.15) is 0 Å². The van der Waals surface area contributed by atoms with Crippen LogP contribution in [0.3, 0.4) is 0 Å². The average Bonchev–Trinajstić information content (AvgIpc) is 2.57. The smallest absolute Gasteiger partial charge is 0.0547 e. The zero-order valence-electron chi connectivity index (χ0n) is 17.0. The molecule has 1 aromatic rings. The normalized spacial score (nSPS) is 25.4. The third kappa shape index (κ3) is 17.3. The molecule has 170 valence electrons. The summed E-state index contributed by atoms with van der Waals surface area (Å²) in [5, 5.41) is 0. The largest absolute Gasteiger partial charge is 0.378 e. The van der Waals surface area contributed by atoms with E-state index in [2.05, 4.69) is 65.8 Å². The number of hydrogen-bond donors (Lipinski definition) is 0. The van der Waals surface area contributed by atoms with Crippen LogP contribution in [0.15, 0.2) is 24.3 Å². The highest BCUT2D eigenvalue weighted by Gasteiger charge is 2.13. The van der Waals surface area contributed by atoms with Crippen LogP contribution in [0.5, 0.6) is 0 Å². The number of rotatable bonds is 0. The summed E-state index contributed by atoms with van der Waals surface area (Å²) in [6.07, 6.45) is 9.01. The van der Waals surface area contributed by atoms with Crippen LogP contribution in [-0.2, 0) is 4.74 Å². The lowest BCUT2D eigenvalue weighted by molar-refractivity contribution is 0.000267. The Bertz CT molecular complexity index is 345. The van der Waals surface area contributed by atoms with E-state index in [0.717, 1.165) is 24.4 Å². The molecule has 1 aliphatic heterocycles. The minimum absolute atomic E-state index is 0. The van der Waals surface area contributed by atoms with Crippen LogP contribution >= 0.6 is 0 Å². The Kier molecular flexibility index (Phi) is 24.1. The van der Waals surface area contributed by atoms with Crippen molar-refractivity contribution in [1.29, 1.82) is 0 Å². The van der Waals surface area contributed by atoms with Gasteiger partial charge < -0.3 is 4.74 Å². The summed E-state index contributed by atoms with van der Waals surface area (Å²) in [6, 6.07) is 8.48. The van der Waals surface area contributed by atoms with Crippen molar-refractivity contribution in [1.82, 2.24) is 0 Å². The molecule has 0 amide bonds. The van der Waals surface area contributed by atoms with E-state index >= 15 is 0 Å². The number of benzene rings is 1. The Morgan fingerprint density at radius 1 is 0.571 bits per heavy atom. The maximum absolute atomic E-state index is 5.39. The standard InChI is InChI=1S/C8H16.C8H10.C7H14O.4CH4/c2*1-7-3-5-8(2)6-4-7;1-6-3-4-7(2)8-5-6;;;;/h7-8H,3-6H2,1-2H3;3-6H,1-2H3;6-7H,3-5H2,1-2H3;4*1H4. The first-order valence-electron chi connectivity index (χ1n) is 10.0. The van der Waals surface area contributed by atoms with Crippen LogP contribution in [-0.4, -0.2) is 12.7 Å². The van der Waals surface area contributed by atoms with Gasteiger partial charge in [0.1, 0.15) is 0 Å². The lowest BCUT2D eigenvalue weighted by Gasteiger charge is -2.23. The molecule has 3 rings (SSSR count). The molecule has 28 heavy (non-hydrogen) atoms. The van der Waals surface area contributed by atoms with Crippen molar-refractivity contribution in [3.8, 4) is 0 Å². The number of hydrogen-bond acceptors (Lipinski definition) is 1. The van der Waals surface area contributed by atoms with E-state index in [4.69, 9.17) is 4.74 Å². The maximum atomic E-state index is 5.39. The summed E-state index contributed by atoms with van der Waals surface area (Å²) in [7, 11) is 0. The predicted octanol–water partition coefficient (Wildman–Crippen LogP) is 9.50. The fourth-order valence-electron chi connectivity index (χ4n) is 3.08. The zero-order chi connectivity index (χ0) is 17.9. The molecule has 1 saturated carbocycles. The Balaban J connectivity index is -0.000000144. The van der Waals surface area contributed by atoms with Crippen LogP contribution in [0.25, 0.3) is 0 Å². The summed E-state index contributed by atoms with van der Waals surface area (Å²) in [4.78, 5) is 0. The highest BCUT2D eigenvalue weighted by atomic mass is 16.5. The summed E-state index contributed by atoms with van der Waals surface area (Å²) >= 11 is 0. The fourth-order valence-corrected chi connectivity index (χ4v) is 3.08. The van der Waals surface area contributed by atoms with Gasteiger partial charge in [-0.1, -0.05) is 112 Å². The Morgan fingerprint density at radius 3 is 1.14 bits per heavy atom. The third-order valence-corrected chi connectivity index (χ3v) is 5.25. The monoisotopic (exact) mass is 396 g/mol. The van der Waals surface area contributed by atoms with E-state index in [1.807, 2.05) is 0 Å². The Morgan fingerprint density at radius 2 is 0.893 bits per heavy atom. The molecule has 0 radical (unpaired) electrons. The van der Waals surface area contributed by atoms with Crippen molar-refractivity contribution in [2.45, 2.75) is 116 Å². The molecule has 1 heterocycles. The molecule has 0 spiro atoms. The SMILES string of the molecule is C.C.C.C.CC1CCC(C)CC1.CC1CCC(C)OC1.Cc1ccc(C)cc1. The third-order valence-electron chi connectivity index (χ3n) is 5.25. The topological polar surface area (TPSA) is 9.23 Å². The molecule has 1 aliphatic carbocycles. The van der Waals surface area contributed by atoms with Gasteiger partial charge in [0.2, 0.25) is 0 Å². The van der Waals surface area contributed by atoms with E-state index in [-0.39, 0.29) is 29.7 Å². The molecule has 2 fully saturated rings. The van der Waals surface area contributed by atoms with Gasteiger partial charge in [-0.3, -0.25) is 0 Å². The lowest BCUT2D eigenvalue weighted by Crippen LogP contribution is -2.21. The van der Waals surface area contributed by atoms with E-state index < -0.39 is 0 Å². The van der Waals surface area contributed by atoms with Crippen molar-refractivity contribution in [3.05, 3.63) is 35.4 Å². The van der Waals surface area contributed by atoms with Crippen molar-refractivity contribution in [2.75, 3.05) is 6.61 Å². The van der Waals surface area contributed by atoms with Gasteiger partial charge in [-0.15, -0.1) is 0 Å². The van der Waals surface area contributed by atoms with Crippen LogP contribution < -0.4 is 0 Å². The number of ether oxygens (including phenoxy) is 1. The molecular formula is C27H56O. The molecule has 1 nitrogen and oxygen atoms in total. The van der Waals surface area contributed by atoms with Gasteiger partial charge in [0.05, 0.1) is 6.10 Å². The molecule has 1 saturated heterocycles. The zero-order valence-corrected chi connectivity index (χ0v) is 17.0. The van der Waals surface area contributed by atoms with E-state index in [0.29, 0.717) is 6.10 Å². The molecule has 1 aromatic carbocycles. The lowest BCUT2D eigenvalue weighted by atomic mass is 9.84. The van der Waals surface area contributed by atoms with E-state index in [1.54, 1.807) is 0 Å². The molecule has 0 N–H and O–H groups in total. The minimum Gasteiger partial charge on any atom is -0.378 e. The van der Waals surface area contributed by atoms with Gasteiger partial charge in [0.25, 0.3) is 0 Å². The molecular weight excluding hydrogens is 340 g/mol. The van der Waals surface area contributed by atoms with Crippen LogP contribution in [0.1, 0.15) is 107 Å². The first-order chi connectivity index (χ1) is 11.4. The van der Waals surface area contributed by atoms with E-state index in [9.17, 15) is 0 Å². The van der Waals surface area contributed by atoms with Crippen molar-refractivity contribution >= 4 is 0 Å². The molecule has 2 unspecified atom stereocenters. The van der Waals surface area contributed by atoms with Crippen LogP contribution in [0, 0.1) is 31.6 Å². The Hall–Kier alpha value is -0.820. The predicted molar refractivity (Wildman–Crippen MR) is 133 cm³/mol. The van der Waals surface area contributed by atoms with Crippen LogP contribution in [0.4, 0.5) is 0 Å². The summed E-state index contributed by atoms with van der Waals surface area (Å²) in [5.74, 6) is 2.84. The van der Waals surface area contributed by atoms with Crippen LogP contribution in [0.2, 0.25) is 0 Å². The summed E-state index contributed by atoms with van der Waals surface area (Å²) in [5.41, 5.74) is 2.66. The van der Waals surface area contributed by atoms with Gasteiger partial charge >= 0.3 is 0 Å². The summed E-state index contributed by atoms with van der Waals surface area (Å²) in [6.45, 7) is 14.3. The highest BCUT2D eigenvalue weighted by Crippen LogP contribution is 2.27. The highest BCUT2D eigenvalue weighted by molar-refractivity contribution is 5.19. The Labute approximate surface area is 180 Å². The summed E-state index contributed by atoms with van der Waals surface area (Å²) < 4.78 is 5.39. The van der Waals surface area contributed by atoms with Gasteiger partial charge in [0.15, 0.2) is 0 Å². The van der Waals surface area contributed by atoms with Crippen molar-refractivity contribution < 1.29 is 4.74 Å². The van der Waals surface area contributed by atoms with Crippen molar-refractivity contribution in [2.24, 2.45) is 17.8 Å². The molecule has 0 bridgehead atoms. The van der Waals surface area contributed by atoms with Crippen molar-refractivity contribution in [3.63, 3.8) is 0 Å². The first kappa shape index (κ1) is 34.7. The van der Waals surface area contributed by atoms with Gasteiger partial charge in [-0.05, 0) is 51.4 Å². The number of aryl methyl sites for hydroxylation is 2. The maximum Gasteiger partial charge on any atom is 0.0547 e. The molecule has 2 atom stereocenters. The van der Waals surface area contributed by atoms with Gasteiger partial charge in [-0.25, -0.2) is 0 Å². The fraction of sp³-hybridized carbons (Fsp3) is 0.778. The van der Waals surface area contributed by atoms with Gasteiger partial charge in [0, 0.05) is 6.61 Å². The quantitative estimate of drug-likeness (QED) is 0.424. The average molecular weight is 397 g/mol.